The molecule has 2 aromatic rings. The fourth-order valence-corrected chi connectivity index (χ4v) is 3.43. The SMILES string of the molecule is COc1cc(N(C2CC2)C2CCN(Cc3ncon3)CC2)ncn1. The van der Waals surface area contributed by atoms with Crippen LogP contribution in [0.3, 0.4) is 0 Å². The molecule has 24 heavy (non-hydrogen) atoms. The standard InChI is InChI=1S/C16H22N6O2/c1-23-16-8-15(17-10-18-16)22(12-2-3-12)13-4-6-21(7-5-13)9-14-19-11-24-20-14/h8,10-13H,2-7,9H2,1H3. The summed E-state index contributed by atoms with van der Waals surface area (Å²) in [5, 5.41) is 3.90. The van der Waals surface area contributed by atoms with Crippen LogP contribution in [-0.2, 0) is 6.54 Å². The number of anilines is 1. The first kappa shape index (κ1) is 15.3. The van der Waals surface area contributed by atoms with Crippen molar-refractivity contribution in [1.29, 1.82) is 0 Å². The molecule has 0 N–H and O–H groups in total. The zero-order valence-electron chi connectivity index (χ0n) is 13.8. The maximum absolute atomic E-state index is 5.26. The summed E-state index contributed by atoms with van der Waals surface area (Å²) in [5.74, 6) is 2.37. The number of methoxy groups -OCH3 is 1. The van der Waals surface area contributed by atoms with Crippen molar-refractivity contribution in [3.8, 4) is 5.88 Å². The second-order valence-corrected chi connectivity index (χ2v) is 6.41. The summed E-state index contributed by atoms with van der Waals surface area (Å²) >= 11 is 0. The van der Waals surface area contributed by atoms with Crippen molar-refractivity contribution >= 4 is 5.82 Å². The van der Waals surface area contributed by atoms with E-state index in [4.69, 9.17) is 9.26 Å². The number of hydrogen-bond acceptors (Lipinski definition) is 8. The predicted molar refractivity (Wildman–Crippen MR) is 86.7 cm³/mol. The smallest absolute Gasteiger partial charge is 0.218 e. The second kappa shape index (κ2) is 6.72. The number of hydrogen-bond donors (Lipinski definition) is 0. The molecule has 0 atom stereocenters. The van der Waals surface area contributed by atoms with Crippen molar-refractivity contribution in [2.45, 2.75) is 44.3 Å². The molecule has 1 aliphatic carbocycles. The van der Waals surface area contributed by atoms with Gasteiger partial charge in [0.25, 0.3) is 0 Å². The van der Waals surface area contributed by atoms with Gasteiger partial charge in [-0.1, -0.05) is 5.16 Å². The number of piperidine rings is 1. The number of aromatic nitrogens is 4. The average molecular weight is 330 g/mol. The van der Waals surface area contributed by atoms with Gasteiger partial charge in [0.15, 0.2) is 5.82 Å². The molecule has 4 rings (SSSR count). The second-order valence-electron chi connectivity index (χ2n) is 6.41. The molecular formula is C16H22N6O2. The van der Waals surface area contributed by atoms with Gasteiger partial charge in [-0.25, -0.2) is 9.97 Å². The number of likely N-dealkylation sites (tertiary alicyclic amines) is 1. The Morgan fingerprint density at radius 3 is 2.62 bits per heavy atom. The topological polar surface area (TPSA) is 80.4 Å². The van der Waals surface area contributed by atoms with Crippen LogP contribution in [0.4, 0.5) is 5.82 Å². The van der Waals surface area contributed by atoms with Crippen LogP contribution in [-0.4, -0.2) is 57.3 Å². The third-order valence-corrected chi connectivity index (χ3v) is 4.76. The summed E-state index contributed by atoms with van der Waals surface area (Å²) in [5.41, 5.74) is 0. The van der Waals surface area contributed by atoms with E-state index < -0.39 is 0 Å². The van der Waals surface area contributed by atoms with Crippen molar-refractivity contribution in [1.82, 2.24) is 25.0 Å². The van der Waals surface area contributed by atoms with Crippen LogP contribution in [0.2, 0.25) is 0 Å². The average Bonchev–Trinajstić information content (AvgIpc) is 3.32. The van der Waals surface area contributed by atoms with Crippen LogP contribution in [0.5, 0.6) is 5.88 Å². The first-order chi connectivity index (χ1) is 11.8. The molecule has 8 nitrogen and oxygen atoms in total. The van der Waals surface area contributed by atoms with E-state index in [-0.39, 0.29) is 0 Å². The van der Waals surface area contributed by atoms with Crippen molar-refractivity contribution in [2.24, 2.45) is 0 Å². The maximum atomic E-state index is 5.26. The lowest BCUT2D eigenvalue weighted by Gasteiger charge is -2.39. The Balaban J connectivity index is 1.42. The van der Waals surface area contributed by atoms with Gasteiger partial charge >= 0.3 is 0 Å². The van der Waals surface area contributed by atoms with Crippen LogP contribution in [0, 0.1) is 0 Å². The normalized spacial score (nSPS) is 19.4. The van der Waals surface area contributed by atoms with Crippen molar-refractivity contribution in [3.05, 3.63) is 24.6 Å². The number of ether oxygens (including phenoxy) is 1. The summed E-state index contributed by atoms with van der Waals surface area (Å²) in [6, 6.07) is 3.07. The molecule has 3 heterocycles. The van der Waals surface area contributed by atoms with Gasteiger partial charge in [-0.3, -0.25) is 4.90 Å². The minimum atomic E-state index is 0.513. The Kier molecular flexibility index (Phi) is 4.29. The van der Waals surface area contributed by atoms with Crippen molar-refractivity contribution in [3.63, 3.8) is 0 Å². The highest BCUT2D eigenvalue weighted by molar-refractivity contribution is 5.45. The summed E-state index contributed by atoms with van der Waals surface area (Å²) in [4.78, 5) is 17.6. The maximum Gasteiger partial charge on any atom is 0.218 e. The molecule has 2 aliphatic rings. The van der Waals surface area contributed by atoms with Gasteiger partial charge < -0.3 is 14.2 Å². The predicted octanol–water partition coefficient (Wildman–Crippen LogP) is 1.50. The monoisotopic (exact) mass is 330 g/mol. The van der Waals surface area contributed by atoms with Gasteiger partial charge in [0, 0.05) is 31.2 Å². The summed E-state index contributed by atoms with van der Waals surface area (Å²) < 4.78 is 10.1. The number of rotatable bonds is 6. The first-order valence-electron chi connectivity index (χ1n) is 8.45. The largest absolute Gasteiger partial charge is 0.481 e. The molecule has 1 saturated heterocycles. The van der Waals surface area contributed by atoms with Gasteiger partial charge in [-0.2, -0.15) is 4.98 Å². The molecule has 1 aliphatic heterocycles. The van der Waals surface area contributed by atoms with Gasteiger partial charge in [0.1, 0.15) is 12.1 Å². The third-order valence-electron chi connectivity index (χ3n) is 4.76. The lowest BCUT2D eigenvalue weighted by atomic mass is 10.0. The molecule has 0 spiro atoms. The van der Waals surface area contributed by atoms with Crippen LogP contribution < -0.4 is 9.64 Å². The Bertz CT molecular complexity index is 652. The zero-order chi connectivity index (χ0) is 16.4. The molecule has 0 aromatic carbocycles. The van der Waals surface area contributed by atoms with Crippen molar-refractivity contribution < 1.29 is 9.26 Å². The van der Waals surface area contributed by atoms with E-state index >= 15 is 0 Å². The molecule has 0 unspecified atom stereocenters. The van der Waals surface area contributed by atoms with E-state index in [1.165, 1.54) is 19.2 Å². The van der Waals surface area contributed by atoms with Crippen LogP contribution in [0.15, 0.2) is 23.3 Å². The highest BCUT2D eigenvalue weighted by atomic mass is 16.5. The van der Waals surface area contributed by atoms with Gasteiger partial charge in [-0.15, -0.1) is 0 Å². The van der Waals surface area contributed by atoms with Crippen LogP contribution in [0.25, 0.3) is 0 Å². The quantitative estimate of drug-likeness (QED) is 0.788. The van der Waals surface area contributed by atoms with Gasteiger partial charge in [0.05, 0.1) is 13.7 Å². The Morgan fingerprint density at radius 2 is 1.96 bits per heavy atom. The third kappa shape index (κ3) is 3.33. The molecular weight excluding hydrogens is 308 g/mol. The fourth-order valence-electron chi connectivity index (χ4n) is 3.43. The van der Waals surface area contributed by atoms with Crippen LogP contribution >= 0.6 is 0 Å². The van der Waals surface area contributed by atoms with Gasteiger partial charge in [-0.05, 0) is 25.7 Å². The highest BCUT2D eigenvalue weighted by Crippen LogP contribution is 2.36. The highest BCUT2D eigenvalue weighted by Gasteiger charge is 2.36. The molecule has 0 radical (unpaired) electrons. The molecule has 1 saturated carbocycles. The van der Waals surface area contributed by atoms with E-state index in [9.17, 15) is 0 Å². The van der Waals surface area contributed by atoms with E-state index in [1.54, 1.807) is 13.4 Å². The molecule has 0 amide bonds. The molecule has 2 aromatic heterocycles. The Hall–Kier alpha value is -2.22. The summed E-state index contributed by atoms with van der Waals surface area (Å²) in [6.07, 6.45) is 7.69. The Morgan fingerprint density at radius 1 is 1.17 bits per heavy atom. The minimum absolute atomic E-state index is 0.513. The minimum Gasteiger partial charge on any atom is -0.481 e. The van der Waals surface area contributed by atoms with Crippen LogP contribution in [0.1, 0.15) is 31.5 Å². The molecule has 2 fully saturated rings. The zero-order valence-corrected chi connectivity index (χ0v) is 13.8. The summed E-state index contributed by atoms with van der Waals surface area (Å²) in [7, 11) is 1.64. The lowest BCUT2D eigenvalue weighted by Crippen LogP contribution is -2.46. The van der Waals surface area contributed by atoms with E-state index in [2.05, 4.69) is 29.9 Å². The fraction of sp³-hybridized carbons (Fsp3) is 0.625. The lowest BCUT2D eigenvalue weighted by molar-refractivity contribution is 0.194. The summed E-state index contributed by atoms with van der Waals surface area (Å²) in [6.45, 7) is 2.82. The van der Waals surface area contributed by atoms with Gasteiger partial charge in [0.2, 0.25) is 12.3 Å². The first-order valence-corrected chi connectivity index (χ1v) is 8.45. The van der Waals surface area contributed by atoms with E-state index in [1.807, 2.05) is 6.07 Å². The Labute approximate surface area is 140 Å². The van der Waals surface area contributed by atoms with E-state index in [0.29, 0.717) is 18.0 Å². The molecule has 0 bridgehead atoms. The number of nitrogens with zero attached hydrogens (tertiary/aromatic N) is 6. The molecule has 8 heteroatoms. The molecule has 128 valence electrons. The van der Waals surface area contributed by atoms with Crippen molar-refractivity contribution in [2.75, 3.05) is 25.1 Å². The van der Waals surface area contributed by atoms with E-state index in [0.717, 1.165) is 44.1 Å².